The number of para-hydroxylation sites is 2. The summed E-state index contributed by atoms with van der Waals surface area (Å²) in [5.74, 6) is -0.888. The van der Waals surface area contributed by atoms with Crippen LogP contribution in [-0.2, 0) is 4.74 Å². The van der Waals surface area contributed by atoms with E-state index in [1.165, 1.54) is 11.8 Å². The molecule has 1 aromatic heterocycles. The Hall–Kier alpha value is -2.95. The summed E-state index contributed by atoms with van der Waals surface area (Å²) in [7, 11) is 0. The number of aliphatic hydroxyl groups excluding tert-OH is 1. The van der Waals surface area contributed by atoms with Crippen molar-refractivity contribution in [3.63, 3.8) is 0 Å². The number of fused-ring (bicyclic) bond motifs is 1. The number of aliphatic hydroxyl groups is 1. The highest BCUT2D eigenvalue weighted by Crippen LogP contribution is 2.24. The summed E-state index contributed by atoms with van der Waals surface area (Å²) in [5.41, 5.74) is 1.48. The Morgan fingerprint density at radius 2 is 2.15 bits per heavy atom. The molecule has 2 N–H and O–H groups in total. The number of imidazole rings is 1. The zero-order valence-corrected chi connectivity index (χ0v) is 15.8. The molecule has 0 unspecified atom stereocenters. The van der Waals surface area contributed by atoms with E-state index in [1.54, 1.807) is 30.3 Å². The quantitative estimate of drug-likeness (QED) is 0.282. The lowest BCUT2D eigenvalue weighted by Crippen LogP contribution is -2.10. The van der Waals surface area contributed by atoms with Crippen LogP contribution in [0.25, 0.3) is 16.6 Å². The topological polar surface area (TPSA) is 99.0 Å². The Balaban J connectivity index is 1.81. The van der Waals surface area contributed by atoms with E-state index in [0.717, 1.165) is 10.4 Å². The van der Waals surface area contributed by atoms with Crippen LogP contribution in [0, 0.1) is 11.3 Å². The van der Waals surface area contributed by atoms with Gasteiger partial charge < -0.3 is 14.8 Å². The maximum atomic E-state index is 12.3. The summed E-state index contributed by atoms with van der Waals surface area (Å²) >= 11 is 7.50. The Kier molecular flexibility index (Phi) is 5.69. The number of carbonyl (C=O) groups is 1. The van der Waals surface area contributed by atoms with Crippen LogP contribution in [0.3, 0.4) is 0 Å². The molecule has 0 atom stereocenters. The molecule has 0 amide bonds. The molecule has 0 saturated heterocycles. The fourth-order valence-corrected chi connectivity index (χ4v) is 3.03. The van der Waals surface area contributed by atoms with Gasteiger partial charge in [0.25, 0.3) is 0 Å². The number of nitriles is 1. The van der Waals surface area contributed by atoms with Crippen LogP contribution in [0.4, 0.5) is 0 Å². The number of thioether (sulfide) groups is 1. The second-order valence-corrected chi connectivity index (χ2v) is 6.74. The van der Waals surface area contributed by atoms with Gasteiger partial charge in [-0.3, -0.25) is 0 Å². The third kappa shape index (κ3) is 4.08. The minimum atomic E-state index is -0.690. The van der Waals surface area contributed by atoms with Gasteiger partial charge in [0.2, 0.25) is 0 Å². The number of aromatic amines is 1. The maximum absolute atomic E-state index is 12.3. The summed E-state index contributed by atoms with van der Waals surface area (Å²) in [6.07, 6.45) is 1.87. The van der Waals surface area contributed by atoms with Gasteiger partial charge in [-0.1, -0.05) is 23.7 Å². The fourth-order valence-electron chi connectivity index (χ4n) is 2.40. The van der Waals surface area contributed by atoms with E-state index < -0.39 is 18.3 Å². The van der Waals surface area contributed by atoms with Crippen LogP contribution in [-0.4, -0.2) is 33.9 Å². The lowest BCUT2D eigenvalue weighted by atomic mass is 10.2. The van der Waals surface area contributed by atoms with Gasteiger partial charge in [0, 0.05) is 4.90 Å². The third-order valence-corrected chi connectivity index (χ3v) is 4.81. The lowest BCUT2D eigenvalue weighted by molar-refractivity contribution is 0.0502. The number of rotatable bonds is 5. The first kappa shape index (κ1) is 18.8. The Bertz CT molecular complexity index is 1050. The number of hydrogen-bond acceptors (Lipinski definition) is 6. The molecule has 6 nitrogen and oxygen atoms in total. The molecular formula is C19H14ClN3O3S. The Labute approximate surface area is 164 Å². The van der Waals surface area contributed by atoms with Gasteiger partial charge in [0.1, 0.15) is 18.2 Å². The van der Waals surface area contributed by atoms with Crippen LogP contribution in [0.1, 0.15) is 16.2 Å². The van der Waals surface area contributed by atoms with Gasteiger partial charge in [-0.05, 0) is 36.6 Å². The molecule has 3 rings (SSSR count). The Morgan fingerprint density at radius 1 is 1.37 bits per heavy atom. The lowest BCUT2D eigenvalue weighted by Gasteiger charge is -2.08. The van der Waals surface area contributed by atoms with Gasteiger partial charge in [-0.2, -0.15) is 5.26 Å². The van der Waals surface area contributed by atoms with Gasteiger partial charge in [-0.25, -0.2) is 9.78 Å². The maximum Gasteiger partial charge on any atom is 0.340 e. The highest BCUT2D eigenvalue weighted by atomic mass is 35.5. The molecule has 2 aromatic carbocycles. The number of esters is 1. The molecule has 8 heteroatoms. The number of nitrogens with zero attached hydrogens (tertiary/aromatic N) is 2. The Morgan fingerprint density at radius 3 is 2.85 bits per heavy atom. The molecule has 3 aromatic rings. The summed E-state index contributed by atoms with van der Waals surface area (Å²) in [5, 5.41) is 19.9. The fraction of sp³-hybridized carbons (Fsp3) is 0.105. The molecule has 0 radical (unpaired) electrons. The number of hydrogen-bond donors (Lipinski definition) is 2. The van der Waals surface area contributed by atoms with Crippen molar-refractivity contribution in [1.29, 1.82) is 5.26 Å². The summed E-state index contributed by atoms with van der Waals surface area (Å²) < 4.78 is 5.12. The molecule has 136 valence electrons. The predicted octanol–water partition coefficient (Wildman–Crippen LogP) is 4.59. The first-order valence-corrected chi connectivity index (χ1v) is 9.41. The molecule has 0 spiro atoms. The monoisotopic (exact) mass is 399 g/mol. The van der Waals surface area contributed by atoms with Gasteiger partial charge in [-0.15, -0.1) is 11.8 Å². The number of halogens is 1. The van der Waals surface area contributed by atoms with E-state index in [2.05, 4.69) is 9.97 Å². The number of ether oxygens (including phenoxy) is 1. The minimum Gasteiger partial charge on any atom is -0.507 e. The van der Waals surface area contributed by atoms with Crippen molar-refractivity contribution in [3.05, 3.63) is 64.6 Å². The first-order chi connectivity index (χ1) is 13.0. The zero-order valence-electron chi connectivity index (χ0n) is 14.2. The smallest absolute Gasteiger partial charge is 0.340 e. The van der Waals surface area contributed by atoms with Crippen molar-refractivity contribution in [1.82, 2.24) is 9.97 Å². The van der Waals surface area contributed by atoms with Gasteiger partial charge in [0.15, 0.2) is 11.6 Å². The van der Waals surface area contributed by atoms with Crippen molar-refractivity contribution in [2.45, 2.75) is 4.90 Å². The van der Waals surface area contributed by atoms with E-state index in [4.69, 9.17) is 16.3 Å². The van der Waals surface area contributed by atoms with E-state index in [-0.39, 0.29) is 22.0 Å². The molecular weight excluding hydrogens is 386 g/mol. The van der Waals surface area contributed by atoms with Crippen molar-refractivity contribution in [2.24, 2.45) is 0 Å². The van der Waals surface area contributed by atoms with E-state index in [0.29, 0.717) is 5.52 Å². The second-order valence-electron chi connectivity index (χ2n) is 5.46. The summed E-state index contributed by atoms with van der Waals surface area (Å²) in [6, 6.07) is 14.1. The highest BCUT2D eigenvalue weighted by Gasteiger charge is 2.17. The largest absolute Gasteiger partial charge is 0.507 e. The van der Waals surface area contributed by atoms with Gasteiger partial charge in [0.05, 0.1) is 21.6 Å². The number of benzene rings is 2. The number of H-pyrrole nitrogens is 1. The van der Waals surface area contributed by atoms with E-state index in [1.807, 2.05) is 24.5 Å². The summed E-state index contributed by atoms with van der Waals surface area (Å²) in [4.78, 5) is 20.3. The van der Waals surface area contributed by atoms with Crippen LogP contribution in [0.2, 0.25) is 5.02 Å². The molecule has 27 heavy (non-hydrogen) atoms. The molecule has 0 saturated carbocycles. The molecule has 0 bridgehead atoms. The molecule has 0 aliphatic rings. The molecule has 0 aliphatic carbocycles. The second kappa shape index (κ2) is 8.16. The zero-order chi connectivity index (χ0) is 19.4. The standard InChI is InChI=1S/C19H14ClN3O3S/c1-27-11-6-7-14(20)12(8-11)19(25)26-10-17(24)13(9-21)18-22-15-4-2-3-5-16(15)23-18/h2-8,24H,10H2,1H3,(H,22,23)/b17-13-. The number of allylic oxidation sites excluding steroid dienone is 1. The third-order valence-electron chi connectivity index (χ3n) is 3.76. The van der Waals surface area contributed by atoms with Crippen molar-refractivity contribution < 1.29 is 14.6 Å². The van der Waals surface area contributed by atoms with Crippen molar-refractivity contribution >= 4 is 45.9 Å². The molecule has 1 heterocycles. The van der Waals surface area contributed by atoms with Crippen molar-refractivity contribution in [3.8, 4) is 6.07 Å². The molecule has 0 aliphatic heterocycles. The van der Waals surface area contributed by atoms with Gasteiger partial charge >= 0.3 is 5.97 Å². The summed E-state index contributed by atoms with van der Waals surface area (Å²) in [6.45, 7) is -0.474. The number of carbonyl (C=O) groups excluding carboxylic acids is 1. The van der Waals surface area contributed by atoms with Crippen molar-refractivity contribution in [2.75, 3.05) is 12.9 Å². The average Bonchev–Trinajstić information content (AvgIpc) is 3.10. The van der Waals surface area contributed by atoms with E-state index in [9.17, 15) is 15.2 Å². The van der Waals surface area contributed by atoms with E-state index >= 15 is 0 Å². The number of nitrogens with one attached hydrogen (secondary N) is 1. The van der Waals surface area contributed by atoms with Crippen LogP contribution in [0.5, 0.6) is 0 Å². The van der Waals surface area contributed by atoms with Crippen LogP contribution < -0.4 is 0 Å². The van der Waals surface area contributed by atoms with Crippen LogP contribution >= 0.6 is 23.4 Å². The SMILES string of the molecule is CSc1ccc(Cl)c(C(=O)OC/C(O)=C(\C#N)c2nc3ccccc3[nH]2)c1. The predicted molar refractivity (Wildman–Crippen MR) is 105 cm³/mol. The molecule has 0 fully saturated rings. The first-order valence-electron chi connectivity index (χ1n) is 7.81. The van der Waals surface area contributed by atoms with Crippen LogP contribution in [0.15, 0.2) is 53.1 Å². The average molecular weight is 400 g/mol. The normalized spacial score (nSPS) is 11.7. The minimum absolute atomic E-state index is 0.0945. The number of aromatic nitrogens is 2. The highest BCUT2D eigenvalue weighted by molar-refractivity contribution is 7.98.